The van der Waals surface area contributed by atoms with E-state index in [1.165, 1.54) is 33.4 Å². The van der Waals surface area contributed by atoms with Crippen LogP contribution in [0.1, 0.15) is 50.7 Å². The van der Waals surface area contributed by atoms with Crippen LogP contribution in [0.2, 0.25) is 0 Å². The quantitative estimate of drug-likeness (QED) is 0.261. The zero-order chi connectivity index (χ0) is 20.2. The van der Waals surface area contributed by atoms with Crippen LogP contribution in [0.4, 0.5) is 0 Å². The Balaban J connectivity index is -0.000000437. The van der Waals surface area contributed by atoms with Gasteiger partial charge in [0.15, 0.2) is 0 Å². The van der Waals surface area contributed by atoms with Gasteiger partial charge in [0.2, 0.25) is 0 Å². The summed E-state index contributed by atoms with van der Waals surface area (Å²) in [5, 5.41) is 0. The predicted molar refractivity (Wildman–Crippen MR) is 148 cm³/mol. The van der Waals surface area contributed by atoms with Crippen molar-refractivity contribution >= 4 is 42.8 Å². The van der Waals surface area contributed by atoms with Crippen LogP contribution in [-0.2, 0) is 23.3 Å². The number of halogens is 2. The molecule has 0 amide bonds. The third-order valence-electron chi connectivity index (χ3n) is 4.79. The van der Waals surface area contributed by atoms with Crippen LogP contribution < -0.4 is 0 Å². The average Bonchev–Trinajstić information content (AvgIpc) is 3.47. The molecular formula is C28H36Cl2SiZr-4. The van der Waals surface area contributed by atoms with Crippen LogP contribution >= 0.6 is 24.8 Å². The molecule has 2 aliphatic rings. The van der Waals surface area contributed by atoms with E-state index in [0.717, 1.165) is 25.7 Å². The summed E-state index contributed by atoms with van der Waals surface area (Å²) in [6, 6.07) is 20.9. The Bertz CT molecular complexity index is 795. The van der Waals surface area contributed by atoms with E-state index in [1.54, 1.807) is 23.3 Å². The molecule has 4 rings (SSSR count). The third kappa shape index (κ3) is 11.3. The van der Waals surface area contributed by atoms with E-state index in [-0.39, 0.29) is 39.7 Å². The van der Waals surface area contributed by atoms with E-state index in [1.807, 2.05) is 19.0 Å². The normalized spacial score (nSPS) is 12.7. The van der Waals surface area contributed by atoms with Crippen LogP contribution in [0, 0.1) is 27.0 Å². The first-order valence-corrected chi connectivity index (χ1v) is 15.8. The summed E-state index contributed by atoms with van der Waals surface area (Å²) >= 11 is 1.58. The van der Waals surface area contributed by atoms with Crippen LogP contribution in [0.25, 0.3) is 11.1 Å². The summed E-state index contributed by atoms with van der Waals surface area (Å²) in [5.74, 6) is 0. The summed E-state index contributed by atoms with van der Waals surface area (Å²) in [6.07, 6.45) is 15.6. The Morgan fingerprint density at radius 1 is 0.656 bits per heavy atom. The first-order chi connectivity index (χ1) is 13.8. The molecule has 174 valence electrons. The third-order valence-corrected chi connectivity index (χ3v) is 4.79. The molecule has 0 N–H and O–H groups in total. The van der Waals surface area contributed by atoms with Gasteiger partial charge in [-0.05, 0) is 12.8 Å². The first kappa shape index (κ1) is 35.7. The Kier molecular flexibility index (Phi) is 23.0. The Hall–Kier alpha value is -0.920. The van der Waals surface area contributed by atoms with Gasteiger partial charge in [-0.15, -0.1) is 71.4 Å². The summed E-state index contributed by atoms with van der Waals surface area (Å²) in [4.78, 5) is 0. The summed E-state index contributed by atoms with van der Waals surface area (Å²) in [5.41, 5.74) is 8.06. The molecule has 0 saturated carbocycles. The maximum absolute atomic E-state index is 3.40. The van der Waals surface area contributed by atoms with Crippen molar-refractivity contribution in [3.05, 3.63) is 122 Å². The van der Waals surface area contributed by atoms with Crippen molar-refractivity contribution in [2.45, 2.75) is 39.5 Å². The Morgan fingerprint density at radius 2 is 0.969 bits per heavy atom. The molecule has 0 aliphatic heterocycles. The zero-order valence-corrected chi connectivity index (χ0v) is 25.3. The second-order valence-corrected chi connectivity index (χ2v) is 6.58. The second-order valence-electron chi connectivity index (χ2n) is 6.58. The SMILES string of the molecule is CCC1=CC(c2ccccc2)=[C-]C1.CCC1=CC(c2ccccc2)=[C-]C1.Cl.Cl.[CH3-].[CH3-].[SiH2]=[Zr]. The molecular weight excluding hydrogens is 527 g/mol. The number of hydrogen-bond acceptors (Lipinski definition) is 0. The number of allylic oxidation sites excluding steroid dienone is 8. The molecule has 2 aromatic carbocycles. The second kappa shape index (κ2) is 20.7. The van der Waals surface area contributed by atoms with Gasteiger partial charge in [-0.2, -0.15) is 35.5 Å². The molecule has 0 atom stereocenters. The molecule has 0 spiro atoms. The van der Waals surface area contributed by atoms with Gasteiger partial charge in [0.1, 0.15) is 0 Å². The van der Waals surface area contributed by atoms with Crippen molar-refractivity contribution < 1.29 is 23.3 Å². The van der Waals surface area contributed by atoms with Gasteiger partial charge < -0.3 is 14.9 Å². The number of hydrogen-bond donors (Lipinski definition) is 0. The van der Waals surface area contributed by atoms with Crippen molar-refractivity contribution in [1.29, 1.82) is 0 Å². The fourth-order valence-corrected chi connectivity index (χ4v) is 3.09. The fourth-order valence-electron chi connectivity index (χ4n) is 3.09. The molecule has 0 heterocycles. The topological polar surface area (TPSA) is 0 Å². The maximum atomic E-state index is 3.40. The molecule has 0 fully saturated rings. The molecule has 0 saturated heterocycles. The fraction of sp³-hybridized carbons (Fsp3) is 0.214. The van der Waals surface area contributed by atoms with E-state index in [9.17, 15) is 0 Å². The minimum absolute atomic E-state index is 0. The number of benzene rings is 2. The molecule has 0 unspecified atom stereocenters. The van der Waals surface area contributed by atoms with Crippen molar-refractivity contribution in [2.24, 2.45) is 0 Å². The van der Waals surface area contributed by atoms with E-state index in [2.05, 4.69) is 86.7 Å². The van der Waals surface area contributed by atoms with Crippen molar-refractivity contribution in [2.75, 3.05) is 0 Å². The van der Waals surface area contributed by atoms with Gasteiger partial charge in [0, 0.05) is 0 Å². The zero-order valence-electron chi connectivity index (χ0n) is 19.8. The van der Waals surface area contributed by atoms with E-state index in [4.69, 9.17) is 0 Å². The van der Waals surface area contributed by atoms with Gasteiger partial charge >= 0.3 is 30.2 Å². The van der Waals surface area contributed by atoms with Gasteiger partial charge in [0.25, 0.3) is 0 Å². The molecule has 2 aromatic rings. The first-order valence-electron chi connectivity index (χ1n) is 9.87. The van der Waals surface area contributed by atoms with Gasteiger partial charge in [-0.1, -0.05) is 63.1 Å². The van der Waals surface area contributed by atoms with Crippen LogP contribution in [0.3, 0.4) is 0 Å². The standard InChI is InChI=1S/2C13H13.2CH3.2ClH.H2Si.Zr/c2*1-2-11-8-9-13(10-11)12-6-4-3-5-7-12;;;;;;/h2*3-7,10H,2,8H2,1H3;2*1H3;2*1H;1H2;/q4*-1;;;;. The van der Waals surface area contributed by atoms with E-state index in [0.29, 0.717) is 0 Å². The van der Waals surface area contributed by atoms with Crippen LogP contribution in [-0.4, -0.2) is 6.88 Å². The molecule has 0 aromatic heterocycles. The van der Waals surface area contributed by atoms with Gasteiger partial charge in [0.05, 0.1) is 0 Å². The van der Waals surface area contributed by atoms with Gasteiger partial charge in [-0.3, -0.25) is 0 Å². The molecule has 32 heavy (non-hydrogen) atoms. The Morgan fingerprint density at radius 3 is 1.22 bits per heavy atom. The van der Waals surface area contributed by atoms with Crippen molar-refractivity contribution in [3.8, 4) is 0 Å². The molecule has 0 radical (unpaired) electrons. The predicted octanol–water partition coefficient (Wildman–Crippen LogP) is 8.05. The van der Waals surface area contributed by atoms with Crippen LogP contribution in [0.5, 0.6) is 0 Å². The summed E-state index contributed by atoms with van der Waals surface area (Å²) < 4.78 is 0. The van der Waals surface area contributed by atoms with E-state index >= 15 is 0 Å². The van der Waals surface area contributed by atoms with Crippen molar-refractivity contribution in [3.63, 3.8) is 0 Å². The van der Waals surface area contributed by atoms with Crippen molar-refractivity contribution in [1.82, 2.24) is 0 Å². The monoisotopic (exact) mass is 560 g/mol. The van der Waals surface area contributed by atoms with E-state index < -0.39 is 0 Å². The molecule has 0 bridgehead atoms. The van der Waals surface area contributed by atoms with Crippen LogP contribution in [0.15, 0.2) is 84.0 Å². The molecule has 2 aliphatic carbocycles. The number of rotatable bonds is 4. The average molecular weight is 563 g/mol. The minimum atomic E-state index is 0. The van der Waals surface area contributed by atoms with Gasteiger partial charge in [-0.25, -0.2) is 0 Å². The summed E-state index contributed by atoms with van der Waals surface area (Å²) in [7, 11) is 0. The Labute approximate surface area is 226 Å². The molecule has 0 nitrogen and oxygen atoms in total. The summed E-state index contributed by atoms with van der Waals surface area (Å²) in [6.45, 7) is 6.34. The molecule has 4 heteroatoms.